The molecule has 2 atom stereocenters. The van der Waals surface area contributed by atoms with Gasteiger partial charge >= 0.3 is 0 Å². The lowest BCUT2D eigenvalue weighted by Gasteiger charge is -2.29. The molecular weight excluding hydrogens is 240 g/mol. The molecule has 1 rings (SSSR count). The summed E-state index contributed by atoms with van der Waals surface area (Å²) in [6.45, 7) is 5.20. The summed E-state index contributed by atoms with van der Waals surface area (Å²) in [6, 6.07) is 3.84. The van der Waals surface area contributed by atoms with Crippen molar-refractivity contribution in [2.24, 2.45) is 0 Å². The van der Waals surface area contributed by atoms with E-state index < -0.39 is 0 Å². The number of aliphatic hydroxyl groups is 2. The van der Waals surface area contributed by atoms with Crippen LogP contribution >= 0.6 is 0 Å². The minimum Gasteiger partial charge on any atom is -0.391 e. The first kappa shape index (κ1) is 15.9. The van der Waals surface area contributed by atoms with Crippen LogP contribution in [0.1, 0.15) is 39.5 Å². The van der Waals surface area contributed by atoms with Crippen molar-refractivity contribution in [1.29, 1.82) is 0 Å². The lowest BCUT2D eigenvalue weighted by Crippen LogP contribution is -2.38. The molecule has 0 amide bonds. The lowest BCUT2D eigenvalue weighted by atomic mass is 10.1. The van der Waals surface area contributed by atoms with E-state index in [1.807, 2.05) is 17.0 Å². The van der Waals surface area contributed by atoms with Gasteiger partial charge in [0.1, 0.15) is 0 Å². The lowest BCUT2D eigenvalue weighted by molar-refractivity contribution is 0.147. The topological polar surface area (TPSA) is 56.6 Å². The Hall–Kier alpha value is -1.13. The van der Waals surface area contributed by atoms with Gasteiger partial charge in [0.25, 0.3) is 0 Å². The van der Waals surface area contributed by atoms with Gasteiger partial charge in [-0.05, 0) is 25.0 Å². The van der Waals surface area contributed by atoms with E-state index in [0.29, 0.717) is 13.1 Å². The Morgan fingerprint density at radius 2 is 1.68 bits per heavy atom. The summed E-state index contributed by atoms with van der Waals surface area (Å²) in [6.07, 6.45) is 6.25. The molecule has 0 radical (unpaired) electrons. The second kappa shape index (κ2) is 8.88. The van der Waals surface area contributed by atoms with Crippen molar-refractivity contribution in [3.05, 3.63) is 24.5 Å². The van der Waals surface area contributed by atoms with Crippen LogP contribution in [0.15, 0.2) is 24.5 Å². The third-order valence-corrected chi connectivity index (χ3v) is 3.12. The largest absolute Gasteiger partial charge is 0.391 e. The molecule has 0 aliphatic heterocycles. The van der Waals surface area contributed by atoms with E-state index in [2.05, 4.69) is 18.8 Å². The van der Waals surface area contributed by atoms with Crippen molar-refractivity contribution >= 4 is 5.69 Å². The van der Waals surface area contributed by atoms with Gasteiger partial charge in [-0.15, -0.1) is 0 Å². The molecule has 0 saturated heterocycles. The van der Waals surface area contributed by atoms with Gasteiger partial charge in [0.2, 0.25) is 0 Å². The zero-order chi connectivity index (χ0) is 14.1. The molecule has 0 spiro atoms. The van der Waals surface area contributed by atoms with Crippen LogP contribution in [-0.2, 0) is 0 Å². The van der Waals surface area contributed by atoms with Crippen molar-refractivity contribution in [3.63, 3.8) is 0 Å². The minimum absolute atomic E-state index is 0.362. The van der Waals surface area contributed by atoms with Gasteiger partial charge in [-0.3, -0.25) is 4.98 Å². The molecule has 4 heteroatoms. The number of aliphatic hydroxyl groups excluding tert-OH is 2. The monoisotopic (exact) mass is 266 g/mol. The highest BCUT2D eigenvalue weighted by Gasteiger charge is 2.15. The highest BCUT2D eigenvalue weighted by atomic mass is 16.3. The number of aromatic nitrogens is 1. The van der Waals surface area contributed by atoms with Crippen LogP contribution in [0, 0.1) is 0 Å². The summed E-state index contributed by atoms with van der Waals surface area (Å²) < 4.78 is 0. The van der Waals surface area contributed by atoms with Gasteiger partial charge in [0.05, 0.1) is 24.1 Å². The van der Waals surface area contributed by atoms with Crippen LogP contribution in [0.2, 0.25) is 0 Å². The van der Waals surface area contributed by atoms with Crippen molar-refractivity contribution in [1.82, 2.24) is 4.98 Å². The molecule has 4 nitrogen and oxygen atoms in total. The highest BCUT2D eigenvalue weighted by Crippen LogP contribution is 2.15. The molecule has 19 heavy (non-hydrogen) atoms. The normalized spacial score (nSPS) is 14.1. The van der Waals surface area contributed by atoms with Crippen molar-refractivity contribution in [2.45, 2.75) is 51.7 Å². The number of anilines is 1. The summed E-state index contributed by atoms with van der Waals surface area (Å²) in [4.78, 5) is 6.13. The van der Waals surface area contributed by atoms with E-state index in [1.165, 1.54) is 0 Å². The fourth-order valence-electron chi connectivity index (χ4n) is 2.18. The maximum Gasteiger partial charge on any atom is 0.0715 e. The average molecular weight is 266 g/mol. The maximum atomic E-state index is 9.98. The van der Waals surface area contributed by atoms with Crippen LogP contribution < -0.4 is 4.90 Å². The van der Waals surface area contributed by atoms with E-state index in [-0.39, 0.29) is 12.2 Å². The second-order valence-electron chi connectivity index (χ2n) is 5.00. The summed E-state index contributed by atoms with van der Waals surface area (Å²) in [5.41, 5.74) is 0.952. The highest BCUT2D eigenvalue weighted by molar-refractivity contribution is 5.43. The van der Waals surface area contributed by atoms with E-state index in [9.17, 15) is 10.2 Å². The molecule has 1 aromatic heterocycles. The first-order valence-electron chi connectivity index (χ1n) is 7.18. The number of rotatable bonds is 9. The standard InChI is InChI=1S/C15H26N2O2/c1-3-6-14(18)11-17(12-15(19)7-4-2)13-8-5-9-16-10-13/h5,8-10,14-15,18-19H,3-4,6-7,11-12H2,1-2H3. The number of hydrogen-bond donors (Lipinski definition) is 2. The first-order valence-corrected chi connectivity index (χ1v) is 7.18. The summed E-state index contributed by atoms with van der Waals surface area (Å²) in [5.74, 6) is 0. The minimum atomic E-state index is -0.362. The molecule has 0 aliphatic rings. The number of pyridine rings is 1. The second-order valence-corrected chi connectivity index (χ2v) is 5.00. The summed E-state index contributed by atoms with van der Waals surface area (Å²) in [7, 11) is 0. The summed E-state index contributed by atoms with van der Waals surface area (Å²) >= 11 is 0. The molecule has 0 aliphatic carbocycles. The Labute approximate surface area is 116 Å². The molecule has 108 valence electrons. The molecule has 0 bridgehead atoms. The van der Waals surface area contributed by atoms with Crippen LogP contribution in [0.25, 0.3) is 0 Å². The maximum absolute atomic E-state index is 9.98. The molecule has 2 unspecified atom stereocenters. The molecule has 1 heterocycles. The van der Waals surface area contributed by atoms with Gasteiger partial charge < -0.3 is 15.1 Å². The zero-order valence-corrected chi connectivity index (χ0v) is 12.0. The fourth-order valence-corrected chi connectivity index (χ4v) is 2.18. The molecular formula is C15H26N2O2. The van der Waals surface area contributed by atoms with Crippen molar-refractivity contribution in [2.75, 3.05) is 18.0 Å². The van der Waals surface area contributed by atoms with E-state index in [1.54, 1.807) is 12.4 Å². The predicted octanol–water partition coefficient (Wildman–Crippen LogP) is 2.21. The molecule has 1 aromatic rings. The molecule has 0 fully saturated rings. The van der Waals surface area contributed by atoms with E-state index in [0.717, 1.165) is 31.4 Å². The third-order valence-electron chi connectivity index (χ3n) is 3.12. The summed E-state index contributed by atoms with van der Waals surface area (Å²) in [5, 5.41) is 20.0. The Morgan fingerprint density at radius 3 is 2.11 bits per heavy atom. The SMILES string of the molecule is CCCC(O)CN(CC(O)CCC)c1cccnc1. The van der Waals surface area contributed by atoms with Crippen LogP contribution in [0.4, 0.5) is 5.69 Å². The number of nitrogens with zero attached hydrogens (tertiary/aromatic N) is 2. The average Bonchev–Trinajstić information content (AvgIpc) is 2.39. The van der Waals surface area contributed by atoms with E-state index >= 15 is 0 Å². The Bertz CT molecular complexity index is 318. The quantitative estimate of drug-likeness (QED) is 0.719. The van der Waals surface area contributed by atoms with Crippen LogP contribution in [0.5, 0.6) is 0 Å². The molecule has 0 aromatic carbocycles. The Kier molecular flexibility index (Phi) is 7.45. The predicted molar refractivity (Wildman–Crippen MR) is 78.3 cm³/mol. The van der Waals surface area contributed by atoms with Gasteiger partial charge in [0, 0.05) is 19.3 Å². The van der Waals surface area contributed by atoms with Crippen molar-refractivity contribution in [3.8, 4) is 0 Å². The zero-order valence-electron chi connectivity index (χ0n) is 12.0. The van der Waals surface area contributed by atoms with E-state index in [4.69, 9.17) is 0 Å². The van der Waals surface area contributed by atoms with Gasteiger partial charge in [-0.1, -0.05) is 26.7 Å². The third kappa shape index (κ3) is 6.03. The fraction of sp³-hybridized carbons (Fsp3) is 0.667. The van der Waals surface area contributed by atoms with Crippen LogP contribution in [-0.4, -0.2) is 40.5 Å². The molecule has 0 saturated carbocycles. The Balaban J connectivity index is 2.67. The van der Waals surface area contributed by atoms with Gasteiger partial charge in [0.15, 0.2) is 0 Å². The van der Waals surface area contributed by atoms with Crippen molar-refractivity contribution < 1.29 is 10.2 Å². The van der Waals surface area contributed by atoms with Gasteiger partial charge in [-0.2, -0.15) is 0 Å². The van der Waals surface area contributed by atoms with Crippen LogP contribution in [0.3, 0.4) is 0 Å². The van der Waals surface area contributed by atoms with Gasteiger partial charge in [-0.25, -0.2) is 0 Å². The molecule has 2 N–H and O–H groups in total. The smallest absolute Gasteiger partial charge is 0.0715 e. The first-order chi connectivity index (χ1) is 9.17. The number of hydrogen-bond acceptors (Lipinski definition) is 4. The Morgan fingerprint density at radius 1 is 1.11 bits per heavy atom.